The number of allylic oxidation sites excluding steroid dienone is 1. The highest BCUT2D eigenvalue weighted by Crippen LogP contribution is 2.25. The zero-order chi connectivity index (χ0) is 15.8. The highest BCUT2D eigenvalue weighted by Gasteiger charge is 2.12. The maximum atomic E-state index is 6.39. The van der Waals surface area contributed by atoms with Gasteiger partial charge in [-0.1, -0.05) is 30.3 Å². The number of aromatic amines is 1. The van der Waals surface area contributed by atoms with E-state index in [0.717, 1.165) is 39.0 Å². The molecule has 5 heteroatoms. The van der Waals surface area contributed by atoms with Gasteiger partial charge < -0.3 is 10.7 Å². The van der Waals surface area contributed by atoms with Gasteiger partial charge in [-0.2, -0.15) is 0 Å². The van der Waals surface area contributed by atoms with Crippen LogP contribution in [0.3, 0.4) is 0 Å². The predicted octanol–water partition coefficient (Wildman–Crippen LogP) is 3.35. The summed E-state index contributed by atoms with van der Waals surface area (Å²) in [6.45, 7) is 1.95. The van der Waals surface area contributed by atoms with E-state index in [-0.39, 0.29) is 0 Å². The zero-order valence-electron chi connectivity index (χ0n) is 12.6. The molecule has 0 unspecified atom stereocenters. The second kappa shape index (κ2) is 5.21. The van der Waals surface area contributed by atoms with Crippen LogP contribution in [0, 0.1) is 0 Å². The fraction of sp³-hybridized carbons (Fsp3) is 0.0556. The summed E-state index contributed by atoms with van der Waals surface area (Å²) in [5.74, 6) is 0.756. The molecule has 0 saturated carbocycles. The molecule has 0 aliphatic carbocycles. The fourth-order valence-corrected chi connectivity index (χ4v) is 2.66. The van der Waals surface area contributed by atoms with Crippen molar-refractivity contribution in [1.82, 2.24) is 19.9 Å². The first-order chi connectivity index (χ1) is 11.2. The molecule has 0 fully saturated rings. The third-order valence-electron chi connectivity index (χ3n) is 3.95. The van der Waals surface area contributed by atoms with Crippen molar-refractivity contribution >= 4 is 33.2 Å². The molecule has 0 aliphatic rings. The number of imidazole rings is 1. The number of nitrogens with zero attached hydrogens (tertiary/aromatic N) is 3. The van der Waals surface area contributed by atoms with E-state index in [9.17, 15) is 0 Å². The van der Waals surface area contributed by atoms with Crippen LogP contribution in [0.1, 0.15) is 18.4 Å². The van der Waals surface area contributed by atoms with E-state index >= 15 is 0 Å². The Labute approximate surface area is 132 Å². The minimum Gasteiger partial charge on any atom is -0.397 e. The van der Waals surface area contributed by atoms with Gasteiger partial charge >= 0.3 is 0 Å². The molecule has 2 aromatic heterocycles. The number of nitrogens with one attached hydrogen (secondary N) is 1. The molecule has 0 amide bonds. The molecule has 2 aromatic carbocycles. The van der Waals surface area contributed by atoms with Crippen molar-refractivity contribution in [3.05, 3.63) is 66.4 Å². The maximum Gasteiger partial charge on any atom is 0.136 e. The summed E-state index contributed by atoms with van der Waals surface area (Å²) in [5, 5.41) is 0.933. The van der Waals surface area contributed by atoms with Crippen molar-refractivity contribution in [2.24, 2.45) is 5.73 Å². The van der Waals surface area contributed by atoms with Crippen LogP contribution in [0.4, 0.5) is 0 Å². The van der Waals surface area contributed by atoms with Gasteiger partial charge in [0.1, 0.15) is 12.2 Å². The van der Waals surface area contributed by atoms with E-state index in [4.69, 9.17) is 5.73 Å². The Morgan fingerprint density at radius 1 is 0.957 bits per heavy atom. The molecule has 23 heavy (non-hydrogen) atoms. The molecule has 112 valence electrons. The lowest BCUT2D eigenvalue weighted by atomic mass is 10.1. The summed E-state index contributed by atoms with van der Waals surface area (Å²) in [6, 6.07) is 15.7. The van der Waals surface area contributed by atoms with Crippen molar-refractivity contribution in [1.29, 1.82) is 0 Å². The number of para-hydroxylation sites is 3. The summed E-state index contributed by atoms with van der Waals surface area (Å²) in [5.41, 5.74) is 11.4. The van der Waals surface area contributed by atoms with Crippen molar-refractivity contribution in [2.45, 2.75) is 6.92 Å². The Morgan fingerprint density at radius 2 is 1.70 bits per heavy atom. The van der Waals surface area contributed by atoms with Gasteiger partial charge in [-0.3, -0.25) is 0 Å². The number of benzene rings is 2. The van der Waals surface area contributed by atoms with E-state index in [2.05, 4.69) is 19.9 Å². The molecular formula is C18H15N5. The fourth-order valence-electron chi connectivity index (χ4n) is 2.66. The minimum atomic E-state index is 0.600. The first-order valence-electron chi connectivity index (χ1n) is 7.35. The average Bonchev–Trinajstić information content (AvgIpc) is 3.04. The van der Waals surface area contributed by atoms with E-state index < -0.39 is 0 Å². The highest BCUT2D eigenvalue weighted by molar-refractivity contribution is 5.96. The standard InChI is InChI=1S/C18H15N5/c1-11(18-22-14-8-4-5-9-15(14)23-18)16(19)17-12-6-2-3-7-13(12)20-10-21-17/h2-10H,19H2,1H3,(H,22,23)/b16-11-. The van der Waals surface area contributed by atoms with E-state index in [1.165, 1.54) is 6.33 Å². The summed E-state index contributed by atoms with van der Waals surface area (Å²) in [4.78, 5) is 16.6. The van der Waals surface area contributed by atoms with E-state index in [1.54, 1.807) is 0 Å². The number of H-pyrrole nitrogens is 1. The average molecular weight is 301 g/mol. The molecule has 4 rings (SSSR count). The Kier molecular flexibility index (Phi) is 3.05. The number of nitrogens with two attached hydrogens (primary N) is 1. The lowest BCUT2D eigenvalue weighted by molar-refractivity contribution is 1.18. The number of aromatic nitrogens is 4. The molecule has 0 saturated heterocycles. The topological polar surface area (TPSA) is 80.5 Å². The van der Waals surface area contributed by atoms with Crippen LogP contribution in [0.15, 0.2) is 54.9 Å². The minimum absolute atomic E-state index is 0.600. The molecule has 5 nitrogen and oxygen atoms in total. The van der Waals surface area contributed by atoms with Gasteiger partial charge in [0.2, 0.25) is 0 Å². The number of hydrogen-bond acceptors (Lipinski definition) is 4. The number of fused-ring (bicyclic) bond motifs is 2. The van der Waals surface area contributed by atoms with Gasteiger partial charge in [0.25, 0.3) is 0 Å². The Hall–Kier alpha value is -3.21. The van der Waals surface area contributed by atoms with Crippen molar-refractivity contribution in [3.63, 3.8) is 0 Å². The van der Waals surface area contributed by atoms with Crippen molar-refractivity contribution in [3.8, 4) is 0 Å². The van der Waals surface area contributed by atoms with Gasteiger partial charge in [-0.15, -0.1) is 0 Å². The number of rotatable bonds is 2. The third-order valence-corrected chi connectivity index (χ3v) is 3.95. The highest BCUT2D eigenvalue weighted by atomic mass is 14.9. The van der Waals surface area contributed by atoms with Crippen LogP contribution in [-0.4, -0.2) is 19.9 Å². The monoisotopic (exact) mass is 301 g/mol. The number of hydrogen-bond donors (Lipinski definition) is 2. The second-order valence-electron chi connectivity index (χ2n) is 5.38. The molecule has 4 aromatic rings. The lowest BCUT2D eigenvalue weighted by Gasteiger charge is -2.08. The normalized spacial score (nSPS) is 12.6. The molecule has 0 bridgehead atoms. The van der Waals surface area contributed by atoms with Gasteiger partial charge in [0, 0.05) is 11.0 Å². The summed E-state index contributed by atoms with van der Waals surface area (Å²) in [6.07, 6.45) is 1.54. The predicted molar refractivity (Wildman–Crippen MR) is 92.3 cm³/mol. The summed E-state index contributed by atoms with van der Waals surface area (Å²) >= 11 is 0. The third kappa shape index (κ3) is 2.23. The van der Waals surface area contributed by atoms with Gasteiger partial charge in [-0.25, -0.2) is 15.0 Å². The molecule has 0 aliphatic heterocycles. The lowest BCUT2D eigenvalue weighted by Crippen LogP contribution is -2.04. The van der Waals surface area contributed by atoms with Crippen LogP contribution in [0.25, 0.3) is 33.2 Å². The molecule has 0 radical (unpaired) electrons. The molecule has 3 N–H and O–H groups in total. The van der Waals surface area contributed by atoms with Gasteiger partial charge in [0.05, 0.1) is 27.9 Å². The van der Waals surface area contributed by atoms with Crippen LogP contribution in [0.2, 0.25) is 0 Å². The molecule has 0 spiro atoms. The molecular weight excluding hydrogens is 286 g/mol. The van der Waals surface area contributed by atoms with Crippen molar-refractivity contribution in [2.75, 3.05) is 0 Å². The Bertz CT molecular complexity index is 1010. The van der Waals surface area contributed by atoms with Crippen molar-refractivity contribution < 1.29 is 0 Å². The SMILES string of the molecule is C/C(=C(/N)c1ncnc2ccccc12)c1nc2ccccc2[nH]1. The second-order valence-corrected chi connectivity index (χ2v) is 5.38. The quantitative estimate of drug-likeness (QED) is 0.595. The summed E-state index contributed by atoms with van der Waals surface area (Å²) < 4.78 is 0. The van der Waals surface area contributed by atoms with E-state index in [1.807, 2.05) is 55.5 Å². The van der Waals surface area contributed by atoms with Crippen LogP contribution in [-0.2, 0) is 0 Å². The van der Waals surface area contributed by atoms with Crippen LogP contribution in [0.5, 0.6) is 0 Å². The van der Waals surface area contributed by atoms with E-state index in [0.29, 0.717) is 5.70 Å². The largest absolute Gasteiger partial charge is 0.397 e. The Morgan fingerprint density at radius 3 is 2.52 bits per heavy atom. The molecule has 2 heterocycles. The zero-order valence-corrected chi connectivity index (χ0v) is 12.6. The first kappa shape index (κ1) is 13.5. The van der Waals surface area contributed by atoms with Crippen LogP contribution < -0.4 is 5.73 Å². The smallest absolute Gasteiger partial charge is 0.136 e. The van der Waals surface area contributed by atoms with Crippen LogP contribution >= 0.6 is 0 Å². The Balaban J connectivity index is 1.90. The van der Waals surface area contributed by atoms with Gasteiger partial charge in [0.15, 0.2) is 0 Å². The molecule has 0 atom stereocenters. The maximum absolute atomic E-state index is 6.39. The summed E-state index contributed by atoms with van der Waals surface area (Å²) in [7, 11) is 0. The van der Waals surface area contributed by atoms with Gasteiger partial charge in [-0.05, 0) is 25.1 Å². The first-order valence-corrected chi connectivity index (χ1v) is 7.35.